The predicted octanol–water partition coefficient (Wildman–Crippen LogP) is 2.68. The number of halogens is 1. The molecule has 0 amide bonds. The van der Waals surface area contributed by atoms with Gasteiger partial charge in [0.05, 0.1) is 11.0 Å². The lowest BCUT2D eigenvalue weighted by Crippen LogP contribution is -2.01. The fourth-order valence-corrected chi connectivity index (χ4v) is 2.04. The van der Waals surface area contributed by atoms with Gasteiger partial charge in [-0.15, -0.1) is 0 Å². The first kappa shape index (κ1) is 10.3. The van der Waals surface area contributed by atoms with E-state index in [4.69, 9.17) is 0 Å². The molecule has 17 heavy (non-hydrogen) atoms. The maximum absolute atomic E-state index is 11.0. The monoisotopic (exact) mass is 289 g/mol. The number of hydrogen-bond donors (Lipinski definition) is 2. The van der Waals surface area contributed by atoms with Gasteiger partial charge in [0.1, 0.15) is 5.82 Å². The number of aromatic amines is 2. The third-order valence-corrected chi connectivity index (χ3v) is 2.99. The van der Waals surface area contributed by atoms with E-state index in [1.807, 2.05) is 18.2 Å². The van der Waals surface area contributed by atoms with E-state index in [1.54, 1.807) is 12.3 Å². The van der Waals surface area contributed by atoms with Gasteiger partial charge in [-0.25, -0.2) is 4.98 Å². The molecule has 0 aliphatic heterocycles. The van der Waals surface area contributed by atoms with E-state index in [2.05, 4.69) is 30.9 Å². The smallest absolute Gasteiger partial charge is 0.247 e. The number of benzene rings is 1. The Balaban J connectivity index is 2.17. The maximum Gasteiger partial charge on any atom is 0.247 e. The minimum atomic E-state index is -0.118. The van der Waals surface area contributed by atoms with Crippen LogP contribution in [0.3, 0.4) is 0 Å². The van der Waals surface area contributed by atoms with Crippen molar-refractivity contribution in [2.75, 3.05) is 0 Å². The Labute approximate surface area is 105 Å². The molecule has 0 atom stereocenters. The van der Waals surface area contributed by atoms with E-state index in [0.29, 0.717) is 0 Å². The summed E-state index contributed by atoms with van der Waals surface area (Å²) in [5, 5.41) is 0. The molecule has 84 valence electrons. The summed E-state index contributed by atoms with van der Waals surface area (Å²) in [5.41, 5.74) is 2.60. The zero-order valence-corrected chi connectivity index (χ0v) is 10.3. The highest BCUT2D eigenvalue weighted by Gasteiger charge is 2.05. The zero-order chi connectivity index (χ0) is 11.8. The number of rotatable bonds is 1. The quantitative estimate of drug-likeness (QED) is 0.723. The number of nitrogens with one attached hydrogen (secondary N) is 2. The van der Waals surface area contributed by atoms with Crippen LogP contribution >= 0.6 is 15.9 Å². The lowest BCUT2D eigenvalue weighted by molar-refractivity contribution is 1.22. The molecule has 0 unspecified atom stereocenters. The fourth-order valence-electron chi connectivity index (χ4n) is 1.68. The second-order valence-corrected chi connectivity index (χ2v) is 4.60. The van der Waals surface area contributed by atoms with Gasteiger partial charge in [0.25, 0.3) is 0 Å². The summed E-state index contributed by atoms with van der Waals surface area (Å²) >= 11 is 3.41. The summed E-state index contributed by atoms with van der Waals surface area (Å²) in [5.74, 6) is 0.745. The molecule has 0 saturated heterocycles. The molecule has 0 radical (unpaired) electrons. The minimum Gasteiger partial charge on any atom is -0.338 e. The van der Waals surface area contributed by atoms with Crippen molar-refractivity contribution >= 4 is 27.0 Å². The van der Waals surface area contributed by atoms with E-state index < -0.39 is 0 Å². The molecule has 3 rings (SSSR count). The molecule has 2 heterocycles. The Morgan fingerprint density at radius 2 is 2.06 bits per heavy atom. The molecule has 0 aliphatic rings. The highest BCUT2D eigenvalue weighted by Crippen LogP contribution is 2.21. The van der Waals surface area contributed by atoms with E-state index in [9.17, 15) is 4.79 Å². The highest BCUT2D eigenvalue weighted by molar-refractivity contribution is 9.10. The van der Waals surface area contributed by atoms with Crippen LogP contribution in [0.25, 0.3) is 22.4 Å². The standard InChI is InChI=1S/C12H8BrN3O/c13-8-2-3-9-10(5-8)16-12(15-9)7-1-4-11(17)14-6-7/h1-6H,(H,14,17)(H,15,16). The van der Waals surface area contributed by atoms with E-state index in [1.165, 1.54) is 6.07 Å². The average molecular weight is 290 g/mol. The molecule has 1 aromatic carbocycles. The van der Waals surface area contributed by atoms with Gasteiger partial charge < -0.3 is 9.97 Å². The van der Waals surface area contributed by atoms with Crippen LogP contribution in [0.15, 0.2) is 45.8 Å². The van der Waals surface area contributed by atoms with Crippen molar-refractivity contribution in [2.24, 2.45) is 0 Å². The van der Waals surface area contributed by atoms with Gasteiger partial charge in [0, 0.05) is 22.3 Å². The minimum absolute atomic E-state index is 0.118. The molecule has 2 aromatic heterocycles. The average Bonchev–Trinajstić information content (AvgIpc) is 2.72. The van der Waals surface area contributed by atoms with Gasteiger partial charge >= 0.3 is 0 Å². The molecule has 2 N–H and O–H groups in total. The van der Waals surface area contributed by atoms with Gasteiger partial charge in [-0.3, -0.25) is 4.79 Å². The molecule has 5 heteroatoms. The molecule has 3 aromatic rings. The van der Waals surface area contributed by atoms with Gasteiger partial charge in [-0.1, -0.05) is 15.9 Å². The summed E-state index contributed by atoms with van der Waals surface area (Å²) < 4.78 is 1.00. The molecule has 0 fully saturated rings. The predicted molar refractivity (Wildman–Crippen MR) is 69.9 cm³/mol. The third kappa shape index (κ3) is 1.89. The molecule has 0 saturated carbocycles. The summed E-state index contributed by atoms with van der Waals surface area (Å²) in [4.78, 5) is 21.3. The molecular formula is C12H8BrN3O. The normalized spacial score (nSPS) is 10.9. The number of aromatic nitrogens is 3. The van der Waals surface area contributed by atoms with E-state index >= 15 is 0 Å². The van der Waals surface area contributed by atoms with Crippen molar-refractivity contribution < 1.29 is 0 Å². The molecule has 0 aliphatic carbocycles. The number of H-pyrrole nitrogens is 2. The number of imidazole rings is 1. The Kier molecular flexibility index (Phi) is 2.33. The van der Waals surface area contributed by atoms with Crippen molar-refractivity contribution in [1.82, 2.24) is 15.0 Å². The first-order valence-corrected chi connectivity index (χ1v) is 5.86. The van der Waals surface area contributed by atoms with Crippen molar-refractivity contribution in [3.05, 3.63) is 51.4 Å². The number of nitrogens with zero attached hydrogens (tertiary/aromatic N) is 1. The summed E-state index contributed by atoms with van der Waals surface area (Å²) in [6, 6.07) is 9.08. The molecular weight excluding hydrogens is 282 g/mol. The van der Waals surface area contributed by atoms with Crippen LogP contribution in [-0.4, -0.2) is 15.0 Å². The molecule has 0 spiro atoms. The van der Waals surface area contributed by atoms with Gasteiger partial charge in [0.2, 0.25) is 5.56 Å². The van der Waals surface area contributed by atoms with Crippen LogP contribution in [0.1, 0.15) is 0 Å². The molecule has 4 nitrogen and oxygen atoms in total. The Morgan fingerprint density at radius 1 is 1.18 bits per heavy atom. The SMILES string of the molecule is O=c1ccc(-c2nc3ccc(Br)cc3[nH]2)c[nH]1. The summed E-state index contributed by atoms with van der Waals surface area (Å²) in [6.07, 6.45) is 1.65. The fraction of sp³-hybridized carbons (Fsp3) is 0. The summed E-state index contributed by atoms with van der Waals surface area (Å²) in [6.45, 7) is 0. The summed E-state index contributed by atoms with van der Waals surface area (Å²) in [7, 11) is 0. The van der Waals surface area contributed by atoms with Gasteiger partial charge in [0.15, 0.2) is 0 Å². The van der Waals surface area contributed by atoms with Crippen LogP contribution in [-0.2, 0) is 0 Å². The Morgan fingerprint density at radius 3 is 2.82 bits per heavy atom. The van der Waals surface area contributed by atoms with E-state index in [-0.39, 0.29) is 5.56 Å². The number of hydrogen-bond acceptors (Lipinski definition) is 2. The first-order valence-electron chi connectivity index (χ1n) is 5.07. The second kappa shape index (κ2) is 3.85. The van der Waals surface area contributed by atoms with Crippen LogP contribution < -0.4 is 5.56 Å². The maximum atomic E-state index is 11.0. The Hall–Kier alpha value is -1.88. The lowest BCUT2D eigenvalue weighted by atomic mass is 10.3. The Bertz CT molecular complexity index is 724. The second-order valence-electron chi connectivity index (χ2n) is 3.69. The first-order chi connectivity index (χ1) is 8.22. The molecule has 0 bridgehead atoms. The van der Waals surface area contributed by atoms with Gasteiger partial charge in [-0.05, 0) is 24.3 Å². The van der Waals surface area contributed by atoms with Crippen LogP contribution in [0.5, 0.6) is 0 Å². The lowest BCUT2D eigenvalue weighted by Gasteiger charge is -1.93. The van der Waals surface area contributed by atoms with Crippen LogP contribution in [0.2, 0.25) is 0 Å². The highest BCUT2D eigenvalue weighted by atomic mass is 79.9. The van der Waals surface area contributed by atoms with Crippen LogP contribution in [0.4, 0.5) is 0 Å². The third-order valence-electron chi connectivity index (χ3n) is 2.50. The van der Waals surface area contributed by atoms with Crippen molar-refractivity contribution in [3.63, 3.8) is 0 Å². The number of pyridine rings is 1. The van der Waals surface area contributed by atoms with Crippen molar-refractivity contribution in [3.8, 4) is 11.4 Å². The zero-order valence-electron chi connectivity index (χ0n) is 8.70. The van der Waals surface area contributed by atoms with Gasteiger partial charge in [-0.2, -0.15) is 0 Å². The topological polar surface area (TPSA) is 61.5 Å². The largest absolute Gasteiger partial charge is 0.338 e. The van der Waals surface area contributed by atoms with Crippen molar-refractivity contribution in [2.45, 2.75) is 0 Å². The van der Waals surface area contributed by atoms with Crippen molar-refractivity contribution in [1.29, 1.82) is 0 Å². The van der Waals surface area contributed by atoms with E-state index in [0.717, 1.165) is 26.9 Å². The van der Waals surface area contributed by atoms with Crippen LogP contribution in [0, 0.1) is 0 Å². The number of fused-ring (bicyclic) bond motifs is 1.